The summed E-state index contributed by atoms with van der Waals surface area (Å²) in [5, 5.41) is 5.48. The Hall–Kier alpha value is -6.72. The predicted octanol–water partition coefficient (Wildman–Crippen LogP) is 5.29. The van der Waals surface area contributed by atoms with Crippen LogP contribution >= 0.6 is 0 Å². The highest BCUT2D eigenvalue weighted by Crippen LogP contribution is 2.28. The molecule has 2 aromatic carbocycles. The summed E-state index contributed by atoms with van der Waals surface area (Å²) in [4.78, 5) is 98.9. The van der Waals surface area contributed by atoms with Crippen LogP contribution in [0.1, 0.15) is 94.8 Å². The summed E-state index contributed by atoms with van der Waals surface area (Å²) >= 11 is 0. The molecule has 1 saturated carbocycles. The van der Waals surface area contributed by atoms with Crippen molar-refractivity contribution in [1.29, 1.82) is 0 Å². The maximum absolute atomic E-state index is 12.8. The van der Waals surface area contributed by atoms with Crippen molar-refractivity contribution in [1.82, 2.24) is 10.6 Å². The fraction of sp³-hybridized carbons (Fsp3) is 0.455. The Balaban J connectivity index is 1.33. The Labute approximate surface area is 359 Å². The zero-order valence-corrected chi connectivity index (χ0v) is 35.4. The van der Waals surface area contributed by atoms with Crippen molar-refractivity contribution in [3.05, 3.63) is 95.1 Å². The molecule has 0 aromatic heterocycles. The lowest BCUT2D eigenvalue weighted by molar-refractivity contribution is -0.140. The van der Waals surface area contributed by atoms with Crippen molar-refractivity contribution in [3.8, 4) is 0 Å². The van der Waals surface area contributed by atoms with Crippen LogP contribution in [0.2, 0.25) is 0 Å². The number of ether oxygens (including phenoxy) is 8. The van der Waals surface area contributed by atoms with Crippen LogP contribution < -0.4 is 10.6 Å². The Kier molecular flexibility index (Phi) is 20.7. The number of hydrogen-bond donors (Lipinski definition) is 2. The Bertz CT molecular complexity index is 1810. The number of esters is 6. The maximum Gasteiger partial charge on any atom is 0.407 e. The average molecular weight is 867 g/mol. The first-order valence-corrected chi connectivity index (χ1v) is 20.0. The third kappa shape index (κ3) is 17.5. The van der Waals surface area contributed by atoms with Crippen LogP contribution in [-0.4, -0.2) is 113 Å². The second-order valence-electron chi connectivity index (χ2n) is 14.5. The largest absolute Gasteiger partial charge is 0.459 e. The summed E-state index contributed by atoms with van der Waals surface area (Å²) in [6, 6.07) is 11.7. The van der Waals surface area contributed by atoms with Crippen LogP contribution in [0, 0.1) is 11.8 Å². The predicted molar refractivity (Wildman–Crippen MR) is 219 cm³/mol. The molecule has 336 valence electrons. The fourth-order valence-corrected chi connectivity index (χ4v) is 5.90. The van der Waals surface area contributed by atoms with Crippen molar-refractivity contribution in [3.63, 3.8) is 0 Å². The van der Waals surface area contributed by atoms with Crippen molar-refractivity contribution < 1.29 is 76.3 Å². The molecule has 62 heavy (non-hydrogen) atoms. The maximum atomic E-state index is 12.8. The summed E-state index contributed by atoms with van der Waals surface area (Å²) in [5.74, 6) is -4.32. The summed E-state index contributed by atoms with van der Waals surface area (Å²) in [7, 11) is 0. The number of alkyl carbamates (subject to hydrolysis) is 2. The van der Waals surface area contributed by atoms with Crippen LogP contribution in [0.15, 0.2) is 72.8 Å². The van der Waals surface area contributed by atoms with Gasteiger partial charge in [-0.15, -0.1) is 0 Å². The molecule has 0 spiro atoms. The zero-order valence-electron chi connectivity index (χ0n) is 35.4. The van der Waals surface area contributed by atoms with Crippen molar-refractivity contribution >= 4 is 48.0 Å². The second-order valence-corrected chi connectivity index (χ2v) is 14.5. The fourth-order valence-electron chi connectivity index (χ4n) is 5.90. The van der Waals surface area contributed by atoms with Gasteiger partial charge in [0.15, 0.2) is 0 Å². The lowest BCUT2D eigenvalue weighted by atomic mass is 9.81. The van der Waals surface area contributed by atoms with Gasteiger partial charge in [0, 0.05) is 24.2 Å². The zero-order chi connectivity index (χ0) is 45.6. The third-order valence-electron chi connectivity index (χ3n) is 9.01. The van der Waals surface area contributed by atoms with Gasteiger partial charge in [0.2, 0.25) is 0 Å². The topological polar surface area (TPSA) is 234 Å². The molecular weight excluding hydrogens is 812 g/mol. The van der Waals surface area contributed by atoms with Crippen molar-refractivity contribution in [2.24, 2.45) is 11.8 Å². The van der Waals surface area contributed by atoms with Crippen LogP contribution in [0.25, 0.3) is 0 Å². The minimum atomic E-state index is -0.830. The second kappa shape index (κ2) is 25.8. The Morgan fingerprint density at radius 2 is 0.871 bits per heavy atom. The molecule has 4 unspecified atom stereocenters. The molecule has 2 N–H and O–H groups in total. The van der Waals surface area contributed by atoms with E-state index in [2.05, 4.69) is 23.8 Å². The van der Waals surface area contributed by atoms with E-state index >= 15 is 0 Å². The first-order chi connectivity index (χ1) is 29.5. The first-order valence-electron chi connectivity index (χ1n) is 20.0. The number of nitrogens with one attached hydrogen (secondary N) is 2. The van der Waals surface area contributed by atoms with Crippen LogP contribution in [0.5, 0.6) is 0 Å². The molecule has 18 heteroatoms. The van der Waals surface area contributed by atoms with Gasteiger partial charge < -0.3 is 48.5 Å². The average Bonchev–Trinajstić information content (AvgIpc) is 3.25. The smallest absolute Gasteiger partial charge is 0.407 e. The minimum absolute atomic E-state index is 0.0534. The van der Waals surface area contributed by atoms with E-state index in [1.807, 2.05) is 0 Å². The van der Waals surface area contributed by atoms with Gasteiger partial charge in [0.1, 0.15) is 51.8 Å². The number of hydrogen-bond acceptors (Lipinski definition) is 16. The number of rotatable bonds is 22. The number of benzene rings is 2. The molecule has 1 aliphatic carbocycles. The van der Waals surface area contributed by atoms with Crippen LogP contribution in [0.4, 0.5) is 9.59 Å². The lowest BCUT2D eigenvalue weighted by Crippen LogP contribution is -2.38. The van der Waals surface area contributed by atoms with Gasteiger partial charge in [0.25, 0.3) is 0 Å². The van der Waals surface area contributed by atoms with Crippen molar-refractivity contribution in [2.45, 2.75) is 65.6 Å². The highest BCUT2D eigenvalue weighted by atomic mass is 16.6. The van der Waals surface area contributed by atoms with Gasteiger partial charge in [-0.05, 0) is 83.1 Å². The number of carbonyl (C=O) groups excluding carboxylic acids is 8. The van der Waals surface area contributed by atoms with E-state index in [4.69, 9.17) is 37.9 Å². The highest BCUT2D eigenvalue weighted by molar-refractivity contribution is 6.04. The molecule has 0 heterocycles. The molecule has 0 aliphatic heterocycles. The summed E-state index contributed by atoms with van der Waals surface area (Å²) < 4.78 is 41.3. The summed E-state index contributed by atoms with van der Waals surface area (Å²) in [6.07, 6.45) is 0.238. The number of carbonyl (C=O) groups is 8. The van der Waals surface area contributed by atoms with E-state index < -0.39 is 60.2 Å². The Morgan fingerprint density at radius 1 is 0.548 bits per heavy atom. The van der Waals surface area contributed by atoms with Crippen molar-refractivity contribution in [2.75, 3.05) is 52.7 Å². The Morgan fingerprint density at radius 3 is 1.21 bits per heavy atom. The van der Waals surface area contributed by atoms with E-state index in [0.29, 0.717) is 19.5 Å². The lowest BCUT2D eigenvalue weighted by Gasteiger charge is -2.29. The molecular formula is C44H54N2O16. The van der Waals surface area contributed by atoms with Gasteiger partial charge in [-0.2, -0.15) is 0 Å². The van der Waals surface area contributed by atoms with E-state index in [1.54, 1.807) is 38.1 Å². The molecule has 3 rings (SSSR count). The van der Waals surface area contributed by atoms with E-state index in [0.717, 1.165) is 19.3 Å². The first kappa shape index (κ1) is 49.6. The monoisotopic (exact) mass is 866 g/mol. The normalized spacial score (nSPS) is 15.2. The standard InChI is InChI=1S/C44H54N2O16/c1-27(2)37(47)55-18-20-57-39(49)33-14-7-9-16-35(33)41(51)59-25-29(5)61-43(53)45-23-31-12-11-13-32(22-31)24-46-44(54)62-30(6)26-60-42(52)36-17-10-8-15-34(36)40(50)58-21-19-56-38(48)28(3)4/h7-10,14-17,29-32H,1,3,11-13,18-26H2,2,4-6H3,(H,45,53)(H,46,54). The highest BCUT2D eigenvalue weighted by Gasteiger charge is 2.26. The van der Waals surface area contributed by atoms with Crippen LogP contribution in [-0.2, 0) is 47.5 Å². The molecule has 0 saturated heterocycles. The molecule has 18 nitrogen and oxygen atoms in total. The van der Waals surface area contributed by atoms with Gasteiger partial charge in [0.05, 0.1) is 22.3 Å². The molecule has 4 atom stereocenters. The quantitative estimate of drug-likeness (QED) is 0.0662. The van der Waals surface area contributed by atoms with E-state index in [-0.39, 0.29) is 84.9 Å². The van der Waals surface area contributed by atoms with E-state index in [1.165, 1.54) is 38.1 Å². The van der Waals surface area contributed by atoms with Crippen LogP contribution in [0.3, 0.4) is 0 Å². The molecule has 2 aromatic rings. The molecule has 1 fully saturated rings. The van der Waals surface area contributed by atoms with Gasteiger partial charge >= 0.3 is 48.0 Å². The van der Waals surface area contributed by atoms with Gasteiger partial charge in [-0.3, -0.25) is 0 Å². The molecule has 0 bridgehead atoms. The minimum Gasteiger partial charge on any atom is -0.459 e. The molecule has 1 aliphatic rings. The third-order valence-corrected chi connectivity index (χ3v) is 9.01. The molecule has 0 radical (unpaired) electrons. The van der Waals surface area contributed by atoms with E-state index in [9.17, 15) is 38.4 Å². The molecule has 2 amide bonds. The summed E-state index contributed by atoms with van der Waals surface area (Å²) in [6.45, 7) is 12.2. The SMILES string of the molecule is C=C(C)C(=O)OCCOC(=O)c1ccccc1C(=O)OCC(C)OC(=O)NCC1CCCC(CNC(=O)OC(C)COC(=O)c2ccccc2C(=O)OCCOC(=O)C(=C)C)C1. The number of amides is 2. The van der Waals surface area contributed by atoms with Gasteiger partial charge in [-0.25, -0.2) is 38.4 Å². The summed E-state index contributed by atoms with van der Waals surface area (Å²) in [5.41, 5.74) is 0.176. The van der Waals surface area contributed by atoms with Gasteiger partial charge in [-0.1, -0.05) is 43.8 Å².